The van der Waals surface area contributed by atoms with Crippen LogP contribution in [0.5, 0.6) is 5.75 Å². The lowest BCUT2D eigenvalue weighted by Gasteiger charge is -2.18. The molecule has 0 atom stereocenters. The van der Waals surface area contributed by atoms with Crippen molar-refractivity contribution in [2.24, 2.45) is 5.10 Å². The van der Waals surface area contributed by atoms with Crippen LogP contribution in [-0.2, 0) is 16.6 Å². The summed E-state index contributed by atoms with van der Waals surface area (Å²) >= 11 is 0. The fourth-order valence-corrected chi connectivity index (χ4v) is 3.80. The van der Waals surface area contributed by atoms with Gasteiger partial charge in [0.2, 0.25) is 10.0 Å². The minimum absolute atomic E-state index is 0.0688. The number of aromatic nitrogens is 2. The fraction of sp³-hybridized carbons (Fsp3) is 0.353. The van der Waals surface area contributed by atoms with E-state index in [1.165, 1.54) is 35.0 Å². The van der Waals surface area contributed by atoms with Crippen LogP contribution in [0.3, 0.4) is 0 Å². The van der Waals surface area contributed by atoms with Crippen LogP contribution >= 0.6 is 0 Å². The van der Waals surface area contributed by atoms with Crippen molar-refractivity contribution in [2.75, 3.05) is 18.5 Å². The van der Waals surface area contributed by atoms with Gasteiger partial charge in [0.1, 0.15) is 16.5 Å². The standard InChI is InChI=1S/C17H23N5O4S/c1-4-22(5-2)27(25,26)14-6-7-16(19-9-14)21-20-10-15-13(11-23)8-18-12(3)17(15)24/h6-10,23-24H,4-5,11H2,1-3H3,(H,19,21). The molecule has 10 heteroatoms. The summed E-state index contributed by atoms with van der Waals surface area (Å²) in [7, 11) is -3.56. The predicted molar refractivity (Wildman–Crippen MR) is 102 cm³/mol. The lowest BCUT2D eigenvalue weighted by Crippen LogP contribution is -2.30. The molecule has 0 spiro atoms. The van der Waals surface area contributed by atoms with Gasteiger partial charge in [-0.3, -0.25) is 10.4 Å². The summed E-state index contributed by atoms with van der Waals surface area (Å²) in [6.45, 7) is 5.65. The van der Waals surface area contributed by atoms with Gasteiger partial charge >= 0.3 is 0 Å². The first kappa shape index (κ1) is 20.7. The third kappa shape index (κ3) is 4.59. The molecule has 9 nitrogen and oxygen atoms in total. The zero-order valence-corrected chi connectivity index (χ0v) is 16.2. The quantitative estimate of drug-likeness (QED) is 0.457. The maximum atomic E-state index is 12.4. The number of hydrogen-bond acceptors (Lipinski definition) is 8. The van der Waals surface area contributed by atoms with Gasteiger partial charge in [0.05, 0.1) is 18.5 Å². The zero-order valence-electron chi connectivity index (χ0n) is 15.4. The molecule has 2 aromatic rings. The maximum Gasteiger partial charge on any atom is 0.244 e. The van der Waals surface area contributed by atoms with E-state index in [0.717, 1.165) is 0 Å². The summed E-state index contributed by atoms with van der Waals surface area (Å²) in [4.78, 5) is 8.13. The number of hydrogen-bond donors (Lipinski definition) is 3. The highest BCUT2D eigenvalue weighted by molar-refractivity contribution is 7.89. The van der Waals surface area contributed by atoms with Gasteiger partial charge in [0, 0.05) is 36.6 Å². The lowest BCUT2D eigenvalue weighted by atomic mass is 10.1. The number of anilines is 1. The van der Waals surface area contributed by atoms with Gasteiger partial charge in [-0.05, 0) is 19.1 Å². The van der Waals surface area contributed by atoms with Crippen molar-refractivity contribution in [1.29, 1.82) is 0 Å². The Balaban J connectivity index is 2.17. The van der Waals surface area contributed by atoms with Crippen LogP contribution in [0.15, 0.2) is 34.5 Å². The highest BCUT2D eigenvalue weighted by atomic mass is 32.2. The van der Waals surface area contributed by atoms with E-state index < -0.39 is 10.0 Å². The van der Waals surface area contributed by atoms with E-state index >= 15 is 0 Å². The van der Waals surface area contributed by atoms with Crippen molar-refractivity contribution in [2.45, 2.75) is 32.3 Å². The maximum absolute atomic E-state index is 12.4. The molecule has 0 saturated carbocycles. The molecule has 0 aliphatic rings. The third-order valence-corrected chi connectivity index (χ3v) is 6.01. The summed E-state index contributed by atoms with van der Waals surface area (Å²) in [5.41, 5.74) is 3.85. The van der Waals surface area contributed by atoms with E-state index in [0.29, 0.717) is 35.7 Å². The number of aliphatic hydroxyl groups excluding tert-OH is 1. The minimum Gasteiger partial charge on any atom is -0.505 e. The normalized spacial score (nSPS) is 12.0. The van der Waals surface area contributed by atoms with Gasteiger partial charge in [-0.25, -0.2) is 13.4 Å². The number of aliphatic hydroxyl groups is 1. The smallest absolute Gasteiger partial charge is 0.244 e. The van der Waals surface area contributed by atoms with Crippen LogP contribution in [0.25, 0.3) is 0 Å². The minimum atomic E-state index is -3.56. The molecule has 0 aliphatic carbocycles. The van der Waals surface area contributed by atoms with Crippen LogP contribution in [0.1, 0.15) is 30.7 Å². The fourth-order valence-electron chi connectivity index (χ4n) is 2.40. The van der Waals surface area contributed by atoms with Gasteiger partial charge in [0.25, 0.3) is 0 Å². The van der Waals surface area contributed by atoms with Gasteiger partial charge in [-0.15, -0.1) is 0 Å². The lowest BCUT2D eigenvalue weighted by molar-refractivity contribution is 0.280. The molecule has 0 fully saturated rings. The summed E-state index contributed by atoms with van der Waals surface area (Å²) in [5.74, 6) is 0.265. The Morgan fingerprint density at radius 3 is 2.48 bits per heavy atom. The Labute approximate surface area is 158 Å². The monoisotopic (exact) mass is 393 g/mol. The van der Waals surface area contributed by atoms with Crippen molar-refractivity contribution >= 4 is 22.1 Å². The Kier molecular flexibility index (Phi) is 6.83. The Bertz CT molecular complexity index is 910. The summed E-state index contributed by atoms with van der Waals surface area (Å²) in [6.07, 6.45) is 4.07. The molecule has 0 unspecified atom stereocenters. The van der Waals surface area contributed by atoms with E-state index in [2.05, 4.69) is 20.5 Å². The summed E-state index contributed by atoms with van der Waals surface area (Å²) in [5, 5.41) is 23.4. The van der Waals surface area contributed by atoms with E-state index in [1.54, 1.807) is 20.8 Å². The van der Waals surface area contributed by atoms with Crippen molar-refractivity contribution in [3.8, 4) is 5.75 Å². The molecule has 27 heavy (non-hydrogen) atoms. The average Bonchev–Trinajstić information content (AvgIpc) is 2.66. The Morgan fingerprint density at radius 1 is 1.22 bits per heavy atom. The van der Waals surface area contributed by atoms with Crippen LogP contribution in [-0.4, -0.2) is 52.2 Å². The topological polar surface area (TPSA) is 128 Å². The zero-order chi connectivity index (χ0) is 20.0. The highest BCUT2D eigenvalue weighted by Gasteiger charge is 2.21. The van der Waals surface area contributed by atoms with Crippen LogP contribution < -0.4 is 5.43 Å². The first-order chi connectivity index (χ1) is 12.8. The summed E-state index contributed by atoms with van der Waals surface area (Å²) in [6, 6.07) is 2.95. The second kappa shape index (κ2) is 8.89. The molecule has 0 saturated heterocycles. The molecule has 2 aromatic heterocycles. The molecule has 3 N–H and O–H groups in total. The van der Waals surface area contributed by atoms with E-state index in [-0.39, 0.29) is 17.3 Å². The van der Waals surface area contributed by atoms with Crippen LogP contribution in [0.4, 0.5) is 5.82 Å². The van der Waals surface area contributed by atoms with Crippen molar-refractivity contribution in [3.05, 3.63) is 41.3 Å². The number of aromatic hydroxyl groups is 1. The van der Waals surface area contributed by atoms with Crippen molar-refractivity contribution in [3.63, 3.8) is 0 Å². The first-order valence-electron chi connectivity index (χ1n) is 8.38. The number of pyridine rings is 2. The molecular weight excluding hydrogens is 370 g/mol. The molecule has 0 bridgehead atoms. The Morgan fingerprint density at radius 2 is 1.93 bits per heavy atom. The molecule has 146 valence electrons. The SMILES string of the molecule is CCN(CC)S(=O)(=O)c1ccc(NN=Cc2c(CO)cnc(C)c2O)nc1. The average molecular weight is 393 g/mol. The van der Waals surface area contributed by atoms with Crippen molar-refractivity contribution < 1.29 is 18.6 Å². The molecule has 0 radical (unpaired) electrons. The van der Waals surface area contributed by atoms with E-state index in [4.69, 9.17) is 0 Å². The molecule has 2 heterocycles. The number of nitrogens with zero attached hydrogens (tertiary/aromatic N) is 4. The van der Waals surface area contributed by atoms with Gasteiger partial charge in [-0.1, -0.05) is 13.8 Å². The van der Waals surface area contributed by atoms with Crippen LogP contribution in [0, 0.1) is 6.92 Å². The number of rotatable bonds is 8. The molecular formula is C17H23N5O4S. The molecule has 2 rings (SSSR count). The van der Waals surface area contributed by atoms with Gasteiger partial charge in [0.15, 0.2) is 0 Å². The number of aryl methyl sites for hydroxylation is 1. The van der Waals surface area contributed by atoms with E-state index in [1.807, 2.05) is 0 Å². The van der Waals surface area contributed by atoms with E-state index in [9.17, 15) is 18.6 Å². The largest absolute Gasteiger partial charge is 0.505 e. The highest BCUT2D eigenvalue weighted by Crippen LogP contribution is 2.22. The number of sulfonamides is 1. The number of hydrazone groups is 1. The summed E-state index contributed by atoms with van der Waals surface area (Å²) < 4.78 is 26.2. The third-order valence-electron chi connectivity index (χ3n) is 3.98. The molecule has 0 aromatic carbocycles. The second-order valence-corrected chi connectivity index (χ2v) is 7.57. The molecule has 0 amide bonds. The van der Waals surface area contributed by atoms with Crippen LogP contribution in [0.2, 0.25) is 0 Å². The van der Waals surface area contributed by atoms with Crippen molar-refractivity contribution in [1.82, 2.24) is 14.3 Å². The molecule has 0 aliphatic heterocycles. The first-order valence-corrected chi connectivity index (χ1v) is 9.82. The number of nitrogens with one attached hydrogen (secondary N) is 1. The predicted octanol–water partition coefficient (Wildman–Crippen LogP) is 1.46. The van der Waals surface area contributed by atoms with Gasteiger partial charge < -0.3 is 10.2 Å². The van der Waals surface area contributed by atoms with Gasteiger partial charge in [-0.2, -0.15) is 9.41 Å². The Hall–Kier alpha value is -2.56. The second-order valence-electron chi connectivity index (χ2n) is 5.63.